The number of aryl methyl sites for hydroxylation is 1. The van der Waals surface area contributed by atoms with Gasteiger partial charge in [-0.3, -0.25) is 0 Å². The third kappa shape index (κ3) is 1.45. The first-order chi connectivity index (χ1) is 7.90. The standard InChI is InChI=1S/C12H15N3S/c1-2-9-8-14-15-10(5-6-13-12(9)15)11-4-3-7-16-11/h3-4,7-8,10,13H,2,5-6H2,1H3. The van der Waals surface area contributed by atoms with E-state index in [1.54, 1.807) is 0 Å². The monoisotopic (exact) mass is 233 g/mol. The first kappa shape index (κ1) is 9.90. The van der Waals surface area contributed by atoms with Gasteiger partial charge in [0.05, 0.1) is 12.2 Å². The summed E-state index contributed by atoms with van der Waals surface area (Å²) < 4.78 is 2.15. The largest absolute Gasteiger partial charge is 0.370 e. The molecule has 2 aromatic rings. The molecule has 1 N–H and O–H groups in total. The van der Waals surface area contributed by atoms with Gasteiger partial charge in [0.1, 0.15) is 5.82 Å². The van der Waals surface area contributed by atoms with E-state index in [-0.39, 0.29) is 0 Å². The Morgan fingerprint density at radius 2 is 2.56 bits per heavy atom. The summed E-state index contributed by atoms with van der Waals surface area (Å²) in [5.74, 6) is 1.21. The van der Waals surface area contributed by atoms with Crippen LogP contribution in [0.3, 0.4) is 0 Å². The number of rotatable bonds is 2. The zero-order valence-corrected chi connectivity index (χ0v) is 10.1. The molecule has 0 saturated heterocycles. The molecule has 0 spiro atoms. The van der Waals surface area contributed by atoms with E-state index >= 15 is 0 Å². The molecule has 16 heavy (non-hydrogen) atoms. The highest BCUT2D eigenvalue weighted by Crippen LogP contribution is 2.33. The van der Waals surface area contributed by atoms with Gasteiger partial charge in [0.15, 0.2) is 0 Å². The summed E-state index contributed by atoms with van der Waals surface area (Å²) in [6.07, 6.45) is 4.16. The van der Waals surface area contributed by atoms with Crippen molar-refractivity contribution in [2.45, 2.75) is 25.8 Å². The molecule has 0 amide bonds. The van der Waals surface area contributed by atoms with Crippen LogP contribution in [-0.4, -0.2) is 16.3 Å². The average Bonchev–Trinajstić information content (AvgIpc) is 2.97. The Hall–Kier alpha value is -1.29. The molecule has 3 rings (SSSR count). The van der Waals surface area contributed by atoms with Gasteiger partial charge in [-0.05, 0) is 24.3 Å². The summed E-state index contributed by atoms with van der Waals surface area (Å²) >= 11 is 1.82. The lowest BCUT2D eigenvalue weighted by Crippen LogP contribution is -2.24. The van der Waals surface area contributed by atoms with Crippen LogP contribution in [-0.2, 0) is 6.42 Å². The van der Waals surface area contributed by atoms with Gasteiger partial charge in [0, 0.05) is 17.0 Å². The van der Waals surface area contributed by atoms with Gasteiger partial charge < -0.3 is 5.32 Å². The molecule has 2 aromatic heterocycles. The number of aromatic nitrogens is 2. The van der Waals surface area contributed by atoms with Crippen molar-refractivity contribution >= 4 is 17.2 Å². The van der Waals surface area contributed by atoms with E-state index in [1.807, 2.05) is 17.5 Å². The SMILES string of the molecule is CCc1cnn2c1NCCC2c1cccs1. The van der Waals surface area contributed by atoms with Crippen molar-refractivity contribution in [1.29, 1.82) is 0 Å². The van der Waals surface area contributed by atoms with Crippen molar-refractivity contribution in [2.75, 3.05) is 11.9 Å². The van der Waals surface area contributed by atoms with Crippen molar-refractivity contribution in [1.82, 2.24) is 9.78 Å². The number of hydrogen-bond donors (Lipinski definition) is 1. The topological polar surface area (TPSA) is 29.9 Å². The fourth-order valence-corrected chi connectivity index (χ4v) is 3.13. The zero-order valence-electron chi connectivity index (χ0n) is 9.31. The molecule has 4 heteroatoms. The predicted octanol–water partition coefficient (Wildman–Crippen LogP) is 2.91. The lowest BCUT2D eigenvalue weighted by Gasteiger charge is -2.25. The zero-order chi connectivity index (χ0) is 11.0. The van der Waals surface area contributed by atoms with Crippen LogP contribution in [0.15, 0.2) is 23.7 Å². The van der Waals surface area contributed by atoms with E-state index < -0.39 is 0 Å². The van der Waals surface area contributed by atoms with Crippen LogP contribution in [0, 0.1) is 0 Å². The molecule has 1 aliphatic heterocycles. The summed E-state index contributed by atoms with van der Waals surface area (Å²) in [5, 5.41) is 10.1. The van der Waals surface area contributed by atoms with Gasteiger partial charge in [0.2, 0.25) is 0 Å². The Labute approximate surface area is 99.1 Å². The smallest absolute Gasteiger partial charge is 0.128 e. The minimum Gasteiger partial charge on any atom is -0.370 e. The Morgan fingerprint density at radius 1 is 1.62 bits per heavy atom. The van der Waals surface area contributed by atoms with Gasteiger partial charge in [-0.2, -0.15) is 5.10 Å². The summed E-state index contributed by atoms with van der Waals surface area (Å²) in [7, 11) is 0. The molecule has 0 aromatic carbocycles. The van der Waals surface area contributed by atoms with Gasteiger partial charge >= 0.3 is 0 Å². The molecule has 84 valence electrons. The van der Waals surface area contributed by atoms with E-state index in [9.17, 15) is 0 Å². The fourth-order valence-electron chi connectivity index (χ4n) is 2.28. The molecule has 1 unspecified atom stereocenters. The second kappa shape index (κ2) is 3.94. The fraction of sp³-hybridized carbons (Fsp3) is 0.417. The quantitative estimate of drug-likeness (QED) is 0.864. The molecule has 3 heterocycles. The molecule has 0 fully saturated rings. The molecular formula is C12H15N3S. The number of anilines is 1. The number of nitrogens with zero attached hydrogens (tertiary/aromatic N) is 2. The highest BCUT2D eigenvalue weighted by Gasteiger charge is 2.24. The van der Waals surface area contributed by atoms with E-state index in [0.717, 1.165) is 19.4 Å². The maximum Gasteiger partial charge on any atom is 0.128 e. The molecule has 3 nitrogen and oxygen atoms in total. The average molecular weight is 233 g/mol. The summed E-state index contributed by atoms with van der Waals surface area (Å²) in [4.78, 5) is 1.41. The van der Waals surface area contributed by atoms with Crippen molar-refractivity contribution in [3.8, 4) is 0 Å². The lowest BCUT2D eigenvalue weighted by atomic mass is 10.1. The third-order valence-corrected chi connectivity index (χ3v) is 4.10. The number of fused-ring (bicyclic) bond motifs is 1. The van der Waals surface area contributed by atoms with E-state index in [2.05, 4.69) is 39.5 Å². The van der Waals surface area contributed by atoms with Gasteiger partial charge in [-0.1, -0.05) is 13.0 Å². The molecule has 0 bridgehead atoms. The second-order valence-electron chi connectivity index (χ2n) is 4.06. The van der Waals surface area contributed by atoms with Gasteiger partial charge in [0.25, 0.3) is 0 Å². The maximum absolute atomic E-state index is 4.53. The Morgan fingerprint density at radius 3 is 3.31 bits per heavy atom. The molecule has 1 atom stereocenters. The van der Waals surface area contributed by atoms with Crippen LogP contribution >= 0.6 is 11.3 Å². The van der Waals surface area contributed by atoms with Crippen LogP contribution in [0.5, 0.6) is 0 Å². The van der Waals surface area contributed by atoms with Crippen molar-refractivity contribution in [2.24, 2.45) is 0 Å². The minimum atomic E-state index is 0.427. The second-order valence-corrected chi connectivity index (χ2v) is 5.04. The van der Waals surface area contributed by atoms with E-state index in [1.165, 1.54) is 16.3 Å². The highest BCUT2D eigenvalue weighted by molar-refractivity contribution is 7.10. The van der Waals surface area contributed by atoms with Crippen LogP contribution in [0.25, 0.3) is 0 Å². The summed E-state index contributed by atoms with van der Waals surface area (Å²) in [5.41, 5.74) is 1.32. The van der Waals surface area contributed by atoms with Gasteiger partial charge in [-0.25, -0.2) is 4.68 Å². The molecule has 0 aliphatic carbocycles. The normalized spacial score (nSPS) is 19.2. The molecule has 0 radical (unpaired) electrons. The Kier molecular flexibility index (Phi) is 2.44. The lowest BCUT2D eigenvalue weighted by molar-refractivity contribution is 0.488. The van der Waals surface area contributed by atoms with Crippen LogP contribution in [0.4, 0.5) is 5.82 Å². The third-order valence-electron chi connectivity index (χ3n) is 3.13. The van der Waals surface area contributed by atoms with E-state index in [4.69, 9.17) is 0 Å². The number of hydrogen-bond acceptors (Lipinski definition) is 3. The first-order valence-corrected chi connectivity index (χ1v) is 6.61. The van der Waals surface area contributed by atoms with Crippen molar-refractivity contribution in [3.05, 3.63) is 34.2 Å². The first-order valence-electron chi connectivity index (χ1n) is 5.73. The molecular weight excluding hydrogens is 218 g/mol. The molecule has 0 saturated carbocycles. The highest BCUT2D eigenvalue weighted by atomic mass is 32.1. The maximum atomic E-state index is 4.53. The minimum absolute atomic E-state index is 0.427. The van der Waals surface area contributed by atoms with Crippen LogP contribution in [0.1, 0.15) is 29.8 Å². The Balaban J connectivity index is 2.04. The predicted molar refractivity (Wildman–Crippen MR) is 67.2 cm³/mol. The van der Waals surface area contributed by atoms with E-state index in [0.29, 0.717) is 6.04 Å². The van der Waals surface area contributed by atoms with Gasteiger partial charge in [-0.15, -0.1) is 11.3 Å². The van der Waals surface area contributed by atoms with Crippen LogP contribution < -0.4 is 5.32 Å². The summed E-state index contributed by atoms with van der Waals surface area (Å²) in [6, 6.07) is 4.75. The Bertz CT molecular complexity index is 472. The van der Waals surface area contributed by atoms with Crippen molar-refractivity contribution in [3.63, 3.8) is 0 Å². The summed E-state index contributed by atoms with van der Waals surface area (Å²) in [6.45, 7) is 3.22. The molecule has 1 aliphatic rings. The number of thiophene rings is 1. The van der Waals surface area contributed by atoms with Crippen LogP contribution in [0.2, 0.25) is 0 Å². The number of nitrogens with one attached hydrogen (secondary N) is 1. The van der Waals surface area contributed by atoms with Crippen molar-refractivity contribution < 1.29 is 0 Å².